The summed E-state index contributed by atoms with van der Waals surface area (Å²) in [6.45, 7) is 2.26. The predicted octanol–water partition coefficient (Wildman–Crippen LogP) is 3.69. The molecule has 0 aliphatic carbocycles. The molecule has 0 aliphatic rings. The third-order valence-corrected chi connectivity index (χ3v) is 4.43. The van der Waals surface area contributed by atoms with Crippen LogP contribution >= 0.6 is 0 Å². The van der Waals surface area contributed by atoms with Crippen LogP contribution in [0, 0.1) is 0 Å². The molecule has 2 aromatic rings. The number of para-hydroxylation sites is 1. The lowest BCUT2D eigenvalue weighted by Gasteiger charge is -2.23. The van der Waals surface area contributed by atoms with Crippen molar-refractivity contribution in [3.8, 4) is 0 Å². The molecule has 0 bridgehead atoms. The van der Waals surface area contributed by atoms with Crippen LogP contribution in [-0.4, -0.2) is 19.5 Å². The molecule has 0 spiro atoms. The molecule has 0 heterocycles. The fourth-order valence-corrected chi connectivity index (χ4v) is 3.17. The number of benzene rings is 2. The Kier molecular flexibility index (Phi) is 5.57. The summed E-state index contributed by atoms with van der Waals surface area (Å²) < 4.78 is 34.1. The smallest absolute Gasteiger partial charge is 0.269 e. The fraction of sp³-hybridized carbons (Fsp3) is 0.294. The van der Waals surface area contributed by atoms with Gasteiger partial charge in [-0.15, -0.1) is 0 Å². The van der Waals surface area contributed by atoms with Crippen molar-refractivity contribution in [1.82, 2.24) is 0 Å². The van der Waals surface area contributed by atoms with E-state index < -0.39 is 10.3 Å². The highest BCUT2D eigenvalue weighted by Gasteiger charge is 2.21. The van der Waals surface area contributed by atoms with Gasteiger partial charge in [0.05, 0.1) is 5.69 Å². The molecule has 2 rings (SSSR count). The van der Waals surface area contributed by atoms with Crippen molar-refractivity contribution in [3.05, 3.63) is 65.7 Å². The summed E-state index contributed by atoms with van der Waals surface area (Å²) in [7, 11) is -4.27. The Morgan fingerprint density at radius 3 is 2.27 bits per heavy atom. The first-order valence-corrected chi connectivity index (χ1v) is 8.79. The zero-order valence-electron chi connectivity index (χ0n) is 12.6. The fourth-order valence-electron chi connectivity index (χ4n) is 2.38. The Morgan fingerprint density at radius 2 is 1.64 bits per heavy atom. The van der Waals surface area contributed by atoms with E-state index in [4.69, 9.17) is 0 Å². The van der Waals surface area contributed by atoms with E-state index in [2.05, 4.69) is 0 Å². The van der Waals surface area contributed by atoms with Crippen LogP contribution in [0.25, 0.3) is 0 Å². The van der Waals surface area contributed by atoms with Gasteiger partial charge in [0, 0.05) is 6.54 Å². The number of anilines is 1. The molecule has 0 saturated carbocycles. The molecule has 0 aromatic heterocycles. The molecule has 5 heteroatoms. The van der Waals surface area contributed by atoms with Gasteiger partial charge in [-0.05, 0) is 30.0 Å². The molecular formula is C17H21NO3S. The highest BCUT2D eigenvalue weighted by Crippen LogP contribution is 2.25. The van der Waals surface area contributed by atoms with Crippen LogP contribution in [-0.2, 0) is 16.7 Å². The summed E-state index contributed by atoms with van der Waals surface area (Å²) in [6.07, 6.45) is 2.17. The molecular weight excluding hydrogens is 298 g/mol. The molecule has 0 amide bonds. The zero-order chi connectivity index (χ0) is 16.0. The number of rotatable bonds is 7. The zero-order valence-corrected chi connectivity index (χ0v) is 13.5. The van der Waals surface area contributed by atoms with Crippen LogP contribution in [0.1, 0.15) is 30.9 Å². The van der Waals surface area contributed by atoms with Crippen LogP contribution in [0.15, 0.2) is 54.6 Å². The highest BCUT2D eigenvalue weighted by atomic mass is 32.2. The number of nitrogens with zero attached hydrogens (tertiary/aromatic N) is 1. The van der Waals surface area contributed by atoms with Gasteiger partial charge in [0.2, 0.25) is 0 Å². The van der Waals surface area contributed by atoms with Gasteiger partial charge >= 0.3 is 10.3 Å². The number of hydrogen-bond acceptors (Lipinski definition) is 2. The summed E-state index contributed by atoms with van der Waals surface area (Å²) in [5.41, 5.74) is 2.52. The SMILES string of the molecule is CCCCN(c1ccccc1Cc1ccccc1)S(=O)(=O)O. The largest absolute Gasteiger partial charge is 0.359 e. The van der Waals surface area contributed by atoms with Crippen molar-refractivity contribution >= 4 is 16.0 Å². The predicted molar refractivity (Wildman–Crippen MR) is 89.5 cm³/mol. The lowest BCUT2D eigenvalue weighted by atomic mass is 10.0. The second-order valence-corrected chi connectivity index (χ2v) is 6.53. The molecule has 118 valence electrons. The first-order chi connectivity index (χ1) is 10.5. The molecule has 0 fully saturated rings. The molecule has 0 unspecified atom stereocenters. The van der Waals surface area contributed by atoms with Crippen LogP contribution in [0.2, 0.25) is 0 Å². The third-order valence-electron chi connectivity index (χ3n) is 3.49. The maximum Gasteiger partial charge on any atom is 0.359 e. The lowest BCUT2D eigenvalue weighted by Crippen LogP contribution is -2.32. The minimum atomic E-state index is -4.27. The number of hydrogen-bond donors (Lipinski definition) is 1. The van der Waals surface area contributed by atoms with Gasteiger partial charge in [-0.1, -0.05) is 61.9 Å². The van der Waals surface area contributed by atoms with Crippen LogP contribution < -0.4 is 4.31 Å². The Balaban J connectivity index is 2.37. The van der Waals surface area contributed by atoms with E-state index in [0.717, 1.165) is 21.9 Å². The molecule has 2 aromatic carbocycles. The van der Waals surface area contributed by atoms with Crippen molar-refractivity contribution in [2.75, 3.05) is 10.8 Å². The van der Waals surface area contributed by atoms with Gasteiger partial charge in [-0.3, -0.25) is 4.55 Å². The highest BCUT2D eigenvalue weighted by molar-refractivity contribution is 7.87. The molecule has 0 atom stereocenters. The van der Waals surface area contributed by atoms with Gasteiger partial charge in [0.1, 0.15) is 0 Å². The van der Waals surface area contributed by atoms with Crippen LogP contribution in [0.5, 0.6) is 0 Å². The maximum absolute atomic E-state index is 11.7. The van der Waals surface area contributed by atoms with E-state index in [-0.39, 0.29) is 6.54 Å². The Morgan fingerprint density at radius 1 is 1.00 bits per heavy atom. The molecule has 0 aliphatic heterocycles. The van der Waals surface area contributed by atoms with Crippen LogP contribution in [0.3, 0.4) is 0 Å². The van der Waals surface area contributed by atoms with E-state index >= 15 is 0 Å². The second kappa shape index (κ2) is 7.42. The van der Waals surface area contributed by atoms with Crippen molar-refractivity contribution in [2.24, 2.45) is 0 Å². The summed E-state index contributed by atoms with van der Waals surface area (Å²) in [5.74, 6) is 0. The third kappa shape index (κ3) is 4.32. The van der Waals surface area contributed by atoms with Gasteiger partial charge in [0.15, 0.2) is 0 Å². The first kappa shape index (κ1) is 16.5. The van der Waals surface area contributed by atoms with Gasteiger partial charge in [0.25, 0.3) is 0 Å². The monoisotopic (exact) mass is 319 g/mol. The molecule has 0 saturated heterocycles. The molecule has 0 radical (unpaired) electrons. The molecule has 1 N–H and O–H groups in total. The van der Waals surface area contributed by atoms with E-state index in [0.29, 0.717) is 18.5 Å². The molecule has 22 heavy (non-hydrogen) atoms. The van der Waals surface area contributed by atoms with Crippen molar-refractivity contribution in [1.29, 1.82) is 0 Å². The average molecular weight is 319 g/mol. The lowest BCUT2D eigenvalue weighted by molar-refractivity contribution is 0.476. The summed E-state index contributed by atoms with van der Waals surface area (Å²) in [5, 5.41) is 0. The normalized spacial score (nSPS) is 11.4. The van der Waals surface area contributed by atoms with Crippen molar-refractivity contribution in [3.63, 3.8) is 0 Å². The van der Waals surface area contributed by atoms with Gasteiger partial charge < -0.3 is 0 Å². The Hall–Kier alpha value is -1.85. The van der Waals surface area contributed by atoms with E-state index in [1.165, 1.54) is 0 Å². The first-order valence-electron chi connectivity index (χ1n) is 7.39. The van der Waals surface area contributed by atoms with Crippen molar-refractivity contribution < 1.29 is 13.0 Å². The second-order valence-electron chi connectivity index (χ2n) is 5.19. The van der Waals surface area contributed by atoms with Gasteiger partial charge in [-0.25, -0.2) is 4.31 Å². The minimum Gasteiger partial charge on any atom is -0.269 e. The topological polar surface area (TPSA) is 57.6 Å². The van der Waals surface area contributed by atoms with E-state index in [1.54, 1.807) is 12.1 Å². The van der Waals surface area contributed by atoms with E-state index in [1.807, 2.05) is 49.4 Å². The van der Waals surface area contributed by atoms with E-state index in [9.17, 15) is 13.0 Å². The number of unbranched alkanes of at least 4 members (excludes halogenated alkanes) is 1. The maximum atomic E-state index is 11.7. The molecule has 4 nitrogen and oxygen atoms in total. The quantitative estimate of drug-likeness (QED) is 0.792. The summed E-state index contributed by atoms with van der Waals surface area (Å²) >= 11 is 0. The Labute approximate surface area is 132 Å². The van der Waals surface area contributed by atoms with Crippen molar-refractivity contribution in [2.45, 2.75) is 26.2 Å². The summed E-state index contributed by atoms with van der Waals surface area (Å²) in [4.78, 5) is 0. The standard InChI is InChI=1S/C17H21NO3S/c1-2-3-13-18(22(19,20)21)17-12-8-7-11-16(17)14-15-9-5-4-6-10-15/h4-12H,2-3,13-14H2,1H3,(H,19,20,21). The minimum absolute atomic E-state index is 0.279. The average Bonchev–Trinajstić information content (AvgIpc) is 2.49. The van der Waals surface area contributed by atoms with Crippen LogP contribution in [0.4, 0.5) is 5.69 Å². The van der Waals surface area contributed by atoms with Gasteiger partial charge in [-0.2, -0.15) is 8.42 Å². The summed E-state index contributed by atoms with van der Waals surface area (Å²) in [6, 6.07) is 17.2. The Bertz CT molecular complexity index is 699.